The van der Waals surface area contributed by atoms with Crippen molar-refractivity contribution in [2.24, 2.45) is 0 Å². The molecule has 0 aromatic rings. The molecule has 0 aliphatic rings. The van der Waals surface area contributed by atoms with Crippen molar-refractivity contribution in [3.8, 4) is 0 Å². The van der Waals surface area contributed by atoms with Crippen molar-refractivity contribution >= 4 is 104 Å². The van der Waals surface area contributed by atoms with Crippen LogP contribution in [0.2, 0.25) is 0 Å². The van der Waals surface area contributed by atoms with E-state index in [-0.39, 0.29) is 104 Å². The van der Waals surface area contributed by atoms with E-state index in [1.165, 1.54) is 0 Å². The Kier molecular flexibility index (Phi) is 419. The molecule has 0 rings (SSSR count). The van der Waals surface area contributed by atoms with Gasteiger partial charge in [0.1, 0.15) is 0 Å². The minimum atomic E-state index is 0. The van der Waals surface area contributed by atoms with Crippen LogP contribution in [0, 0.1) is 0 Å². The summed E-state index contributed by atoms with van der Waals surface area (Å²) in [6.07, 6.45) is 0. The van der Waals surface area contributed by atoms with E-state index in [0.717, 1.165) is 0 Å². The molecule has 0 fully saturated rings. The Hall–Kier alpha value is 3.19. The smallest absolute Gasteiger partial charge is 3.00 e. The molecule has 0 aromatic carbocycles. The summed E-state index contributed by atoms with van der Waals surface area (Å²) < 4.78 is 0. The van der Waals surface area contributed by atoms with Gasteiger partial charge in [-0.05, 0) is 0 Å². The van der Waals surface area contributed by atoms with Gasteiger partial charge in [0, 0.05) is 0 Å². The Balaban J connectivity index is 0. The normalized spacial score (nSPS) is 0. The van der Waals surface area contributed by atoms with Crippen LogP contribution in [0.25, 0.3) is 0 Å². The molecule has 0 amide bonds. The average molecular weight is 162 g/mol. The number of hydrogen-bond donors (Lipinski definition) is 0. The summed E-state index contributed by atoms with van der Waals surface area (Å²) in [5, 5.41) is 0. The van der Waals surface area contributed by atoms with Gasteiger partial charge in [-0.15, -0.1) is 0 Å². The van der Waals surface area contributed by atoms with E-state index in [0.29, 0.717) is 0 Å². The molecule has 0 aromatic heterocycles. The third kappa shape index (κ3) is 27.1. The molecule has 0 heterocycles. The van der Waals surface area contributed by atoms with Crippen molar-refractivity contribution in [1.82, 2.24) is 0 Å². The van der Waals surface area contributed by atoms with Gasteiger partial charge in [0.25, 0.3) is 0 Å². The average Bonchev–Trinajstić information content (AvgIpc) is 0. The summed E-state index contributed by atoms with van der Waals surface area (Å²) >= 11 is 0. The zero-order valence-corrected chi connectivity index (χ0v) is 10.4. The van der Waals surface area contributed by atoms with Crippen molar-refractivity contribution < 1.29 is 0 Å². The largest absolute Gasteiger partial charge is 3.00 e. The molecule has 0 saturated carbocycles. The Morgan fingerprint density at radius 3 is 0.167 bits per heavy atom. The first-order chi connectivity index (χ1) is 0. The third-order valence-electron chi connectivity index (χ3n) is 0. The van der Waals surface area contributed by atoms with Crippen LogP contribution in [0.4, 0.5) is 0 Å². The second-order valence-electron chi connectivity index (χ2n) is 0. The van der Waals surface area contributed by atoms with Gasteiger partial charge >= 0.3 is 104 Å². The van der Waals surface area contributed by atoms with Crippen LogP contribution < -0.4 is 0 Å². The van der Waals surface area contributed by atoms with Crippen LogP contribution in [-0.2, 0) is 0 Å². The molecule has 0 unspecified atom stereocenters. The van der Waals surface area contributed by atoms with Gasteiger partial charge in [-0.3, -0.25) is 0 Å². The predicted molar refractivity (Wildman–Crippen MR) is 34.5 cm³/mol. The molecule has 0 bridgehead atoms. The summed E-state index contributed by atoms with van der Waals surface area (Å²) in [5.41, 5.74) is 0. The maximum atomic E-state index is 0. The monoisotopic (exact) mass is 162 g/mol. The molecular weight excluding hydrogens is 162 g/mol. The zero-order valence-electron chi connectivity index (χ0n) is 3.46. The van der Waals surface area contributed by atoms with Crippen LogP contribution in [0.1, 0.15) is 0 Å². The second-order valence-corrected chi connectivity index (χ2v) is 0. The Morgan fingerprint density at radius 1 is 0.167 bits per heavy atom. The summed E-state index contributed by atoms with van der Waals surface area (Å²) in [6.45, 7) is 0. The molecule has 0 radical (unpaired) electrons. The molecule has 0 saturated heterocycles. The summed E-state index contributed by atoms with van der Waals surface area (Å²) in [4.78, 5) is 0. The van der Waals surface area contributed by atoms with Gasteiger partial charge in [0.05, 0.1) is 0 Å². The van der Waals surface area contributed by atoms with Gasteiger partial charge in [0.2, 0.25) is 0 Å². The van der Waals surface area contributed by atoms with Gasteiger partial charge in [0.15, 0.2) is 0 Å². The van der Waals surface area contributed by atoms with Crippen LogP contribution in [0.3, 0.4) is 0 Å². The summed E-state index contributed by atoms with van der Waals surface area (Å²) in [5.74, 6) is 0. The van der Waals surface area contributed by atoms with Gasteiger partial charge < -0.3 is 0 Å². The van der Waals surface area contributed by atoms with Crippen LogP contribution >= 0.6 is 0 Å². The molecule has 0 valence electrons. The second kappa shape index (κ2) is 41.6. The minimum absolute atomic E-state index is 0. The first-order valence-electron chi connectivity index (χ1n) is 0. The third-order valence-corrected chi connectivity index (χ3v) is 0. The van der Waals surface area contributed by atoms with Gasteiger partial charge in [-0.2, -0.15) is 0 Å². The Bertz CT molecular complexity index is 0. The first kappa shape index (κ1) is 60.5. The fraction of sp³-hybridized carbons (Fsp3) is 0. The SMILES string of the molecule is [Al+3].[Al+3].[Al+3].[Al+3].[Al+3].[Al+3]. The van der Waals surface area contributed by atoms with Crippen molar-refractivity contribution in [3.05, 3.63) is 0 Å². The molecule has 0 N–H and O–H groups in total. The van der Waals surface area contributed by atoms with E-state index in [4.69, 9.17) is 0 Å². The summed E-state index contributed by atoms with van der Waals surface area (Å²) in [6, 6.07) is 0. The van der Waals surface area contributed by atoms with E-state index in [1.807, 2.05) is 0 Å². The fourth-order valence-corrected chi connectivity index (χ4v) is 0. The van der Waals surface area contributed by atoms with Crippen molar-refractivity contribution in [3.63, 3.8) is 0 Å². The topological polar surface area (TPSA) is 0 Å². The standard InChI is InChI=1S/6Al/q6*+3. The van der Waals surface area contributed by atoms with Gasteiger partial charge in [-0.25, -0.2) is 0 Å². The van der Waals surface area contributed by atoms with Crippen LogP contribution in [-0.4, -0.2) is 104 Å². The molecule has 6 heavy (non-hydrogen) atoms. The minimum Gasteiger partial charge on any atom is 3.00 e. The molecular formula is Al6+18. The Labute approximate surface area is 103 Å². The maximum absolute atomic E-state index is 0. The molecule has 0 atom stereocenters. The van der Waals surface area contributed by atoms with E-state index in [2.05, 4.69) is 0 Å². The molecule has 0 nitrogen and oxygen atoms in total. The Morgan fingerprint density at radius 2 is 0.167 bits per heavy atom. The van der Waals surface area contributed by atoms with Crippen molar-refractivity contribution in [1.29, 1.82) is 0 Å². The van der Waals surface area contributed by atoms with Crippen LogP contribution in [0.15, 0.2) is 0 Å². The number of hydrogen-bond acceptors (Lipinski definition) is 0. The number of rotatable bonds is 0. The molecule has 0 aliphatic heterocycles. The maximum Gasteiger partial charge on any atom is 3.00 e. The van der Waals surface area contributed by atoms with Crippen molar-refractivity contribution in [2.75, 3.05) is 0 Å². The fourth-order valence-electron chi connectivity index (χ4n) is 0. The van der Waals surface area contributed by atoms with E-state index in [9.17, 15) is 0 Å². The first-order valence-corrected chi connectivity index (χ1v) is 0. The van der Waals surface area contributed by atoms with E-state index < -0.39 is 0 Å². The molecule has 6 heteroatoms. The molecule has 0 aliphatic carbocycles. The van der Waals surface area contributed by atoms with Crippen molar-refractivity contribution in [2.45, 2.75) is 0 Å². The molecule has 0 spiro atoms. The van der Waals surface area contributed by atoms with E-state index in [1.54, 1.807) is 0 Å². The summed E-state index contributed by atoms with van der Waals surface area (Å²) in [7, 11) is 0. The zero-order chi connectivity index (χ0) is 0. The predicted octanol–water partition coefficient (Wildman–Crippen LogP) is -2.28. The quantitative estimate of drug-likeness (QED) is 0.352. The van der Waals surface area contributed by atoms with Crippen LogP contribution in [0.5, 0.6) is 0 Å². The van der Waals surface area contributed by atoms with Gasteiger partial charge in [-0.1, -0.05) is 0 Å². The van der Waals surface area contributed by atoms with E-state index >= 15 is 0 Å².